The molecule has 0 radical (unpaired) electrons. The molecule has 1 aromatic carbocycles. The third kappa shape index (κ3) is 2.27. The zero-order valence-corrected chi connectivity index (χ0v) is 11.0. The Morgan fingerprint density at radius 2 is 2.28 bits per heavy atom. The Morgan fingerprint density at radius 1 is 1.33 bits per heavy atom. The topological polar surface area (TPSA) is 40.7 Å². The fourth-order valence-electron chi connectivity index (χ4n) is 2.86. The Balaban J connectivity index is 1.84. The van der Waals surface area contributed by atoms with Crippen LogP contribution in [0.2, 0.25) is 0 Å². The summed E-state index contributed by atoms with van der Waals surface area (Å²) in [7, 11) is 0. The third-order valence-corrected chi connectivity index (χ3v) is 3.88. The molecule has 0 aliphatic carbocycles. The quantitative estimate of drug-likeness (QED) is 0.870. The second-order valence-electron chi connectivity index (χ2n) is 5.20. The van der Waals surface area contributed by atoms with Crippen LogP contribution in [0.1, 0.15) is 37.6 Å². The van der Waals surface area contributed by atoms with Gasteiger partial charge in [-0.25, -0.2) is 4.98 Å². The molecule has 96 valence electrons. The van der Waals surface area contributed by atoms with Gasteiger partial charge in [-0.15, -0.1) is 0 Å². The summed E-state index contributed by atoms with van der Waals surface area (Å²) in [5, 5.41) is 3.58. The van der Waals surface area contributed by atoms with E-state index in [2.05, 4.69) is 35.4 Å². The van der Waals surface area contributed by atoms with Gasteiger partial charge in [-0.05, 0) is 37.4 Å². The summed E-state index contributed by atoms with van der Waals surface area (Å²) in [6.45, 7) is 3.34. The lowest BCUT2D eigenvalue weighted by atomic mass is 10.0. The standard InChI is InChI=1S/C15H21N3/c1-2-11-6-5-8-13-15(11)18-14(17-13)10-12-7-3-4-9-16-12/h5-6,8,12,16H,2-4,7,9-10H2,1H3,(H,17,18). The van der Waals surface area contributed by atoms with Gasteiger partial charge in [0.2, 0.25) is 0 Å². The minimum Gasteiger partial charge on any atom is -0.342 e. The van der Waals surface area contributed by atoms with Crippen molar-refractivity contribution >= 4 is 11.0 Å². The lowest BCUT2D eigenvalue weighted by molar-refractivity contribution is 0.395. The van der Waals surface area contributed by atoms with Crippen molar-refractivity contribution in [2.45, 2.75) is 45.1 Å². The summed E-state index contributed by atoms with van der Waals surface area (Å²) in [5.41, 5.74) is 3.68. The molecule has 0 saturated carbocycles. The number of fused-ring (bicyclic) bond motifs is 1. The number of piperidine rings is 1. The van der Waals surface area contributed by atoms with E-state index in [9.17, 15) is 0 Å². The predicted molar refractivity (Wildman–Crippen MR) is 74.8 cm³/mol. The number of imidazole rings is 1. The Kier molecular flexibility index (Phi) is 3.33. The number of nitrogens with zero attached hydrogens (tertiary/aromatic N) is 1. The monoisotopic (exact) mass is 243 g/mol. The maximum atomic E-state index is 4.78. The second kappa shape index (κ2) is 5.11. The normalized spacial score (nSPS) is 20.4. The van der Waals surface area contributed by atoms with Gasteiger partial charge in [0, 0.05) is 12.5 Å². The highest BCUT2D eigenvalue weighted by atomic mass is 15.0. The number of aromatic amines is 1. The third-order valence-electron chi connectivity index (χ3n) is 3.88. The Labute approximate surface area is 108 Å². The molecule has 0 bridgehead atoms. The minimum atomic E-state index is 0.601. The molecule has 0 spiro atoms. The van der Waals surface area contributed by atoms with Crippen molar-refractivity contribution in [3.63, 3.8) is 0 Å². The van der Waals surface area contributed by atoms with Gasteiger partial charge in [0.15, 0.2) is 0 Å². The Bertz CT molecular complexity index is 524. The first-order valence-electron chi connectivity index (χ1n) is 7.06. The number of rotatable bonds is 3. The summed E-state index contributed by atoms with van der Waals surface area (Å²) in [6.07, 6.45) is 6.01. The molecule has 1 unspecified atom stereocenters. The minimum absolute atomic E-state index is 0.601. The van der Waals surface area contributed by atoms with E-state index < -0.39 is 0 Å². The first-order valence-corrected chi connectivity index (χ1v) is 7.06. The van der Waals surface area contributed by atoms with E-state index in [1.54, 1.807) is 0 Å². The lowest BCUT2D eigenvalue weighted by Crippen LogP contribution is -2.35. The SMILES string of the molecule is CCc1cccc2[nH]c(CC3CCCCN3)nc12. The van der Waals surface area contributed by atoms with Crippen molar-refractivity contribution in [2.24, 2.45) is 0 Å². The molecular weight excluding hydrogens is 222 g/mol. The highest BCUT2D eigenvalue weighted by Gasteiger charge is 2.15. The molecule has 1 fully saturated rings. The zero-order chi connectivity index (χ0) is 12.4. The molecule has 1 aliphatic heterocycles. The largest absolute Gasteiger partial charge is 0.342 e. The van der Waals surface area contributed by atoms with Gasteiger partial charge in [0.25, 0.3) is 0 Å². The molecular formula is C15H21N3. The fraction of sp³-hybridized carbons (Fsp3) is 0.533. The van der Waals surface area contributed by atoms with Crippen LogP contribution in [0.25, 0.3) is 11.0 Å². The zero-order valence-electron chi connectivity index (χ0n) is 11.0. The first kappa shape index (κ1) is 11.7. The number of benzene rings is 1. The van der Waals surface area contributed by atoms with Crippen LogP contribution in [-0.2, 0) is 12.8 Å². The molecule has 3 heteroatoms. The summed E-state index contributed by atoms with van der Waals surface area (Å²) in [4.78, 5) is 8.25. The molecule has 1 aromatic heterocycles. The summed E-state index contributed by atoms with van der Waals surface area (Å²) >= 11 is 0. The van der Waals surface area contributed by atoms with E-state index in [4.69, 9.17) is 4.98 Å². The van der Waals surface area contributed by atoms with Crippen molar-refractivity contribution in [1.29, 1.82) is 0 Å². The van der Waals surface area contributed by atoms with Crippen LogP contribution in [0.3, 0.4) is 0 Å². The van der Waals surface area contributed by atoms with Gasteiger partial charge in [-0.2, -0.15) is 0 Å². The van der Waals surface area contributed by atoms with E-state index in [1.165, 1.54) is 30.3 Å². The number of para-hydroxylation sites is 1. The van der Waals surface area contributed by atoms with Crippen LogP contribution >= 0.6 is 0 Å². The fourth-order valence-corrected chi connectivity index (χ4v) is 2.86. The van der Waals surface area contributed by atoms with E-state index in [1.807, 2.05) is 0 Å². The number of hydrogen-bond donors (Lipinski definition) is 2. The summed E-state index contributed by atoms with van der Waals surface area (Å²) < 4.78 is 0. The van der Waals surface area contributed by atoms with Gasteiger partial charge < -0.3 is 10.3 Å². The number of aryl methyl sites for hydroxylation is 1. The number of hydrogen-bond acceptors (Lipinski definition) is 2. The first-order chi connectivity index (χ1) is 8.86. The van der Waals surface area contributed by atoms with E-state index in [-0.39, 0.29) is 0 Å². The van der Waals surface area contributed by atoms with Crippen LogP contribution in [-0.4, -0.2) is 22.6 Å². The molecule has 3 rings (SSSR count). The van der Waals surface area contributed by atoms with Crippen LogP contribution in [0.15, 0.2) is 18.2 Å². The Morgan fingerprint density at radius 3 is 3.06 bits per heavy atom. The number of nitrogens with one attached hydrogen (secondary N) is 2. The average Bonchev–Trinajstić information content (AvgIpc) is 2.82. The van der Waals surface area contributed by atoms with Crippen molar-refractivity contribution in [1.82, 2.24) is 15.3 Å². The van der Waals surface area contributed by atoms with E-state index in [0.29, 0.717) is 6.04 Å². The molecule has 1 atom stereocenters. The van der Waals surface area contributed by atoms with Crippen molar-refractivity contribution in [3.05, 3.63) is 29.6 Å². The van der Waals surface area contributed by atoms with Crippen molar-refractivity contribution in [3.8, 4) is 0 Å². The predicted octanol–water partition coefficient (Wildman–Crippen LogP) is 2.81. The molecule has 18 heavy (non-hydrogen) atoms. The van der Waals surface area contributed by atoms with Gasteiger partial charge >= 0.3 is 0 Å². The highest BCUT2D eigenvalue weighted by Crippen LogP contribution is 2.19. The summed E-state index contributed by atoms with van der Waals surface area (Å²) in [5.74, 6) is 1.13. The van der Waals surface area contributed by atoms with Gasteiger partial charge in [0.05, 0.1) is 11.0 Å². The molecule has 3 nitrogen and oxygen atoms in total. The maximum absolute atomic E-state index is 4.78. The van der Waals surface area contributed by atoms with Gasteiger partial charge in [0.1, 0.15) is 5.82 Å². The van der Waals surface area contributed by atoms with Crippen LogP contribution in [0.5, 0.6) is 0 Å². The van der Waals surface area contributed by atoms with Crippen molar-refractivity contribution < 1.29 is 0 Å². The molecule has 2 N–H and O–H groups in total. The molecule has 2 heterocycles. The maximum Gasteiger partial charge on any atom is 0.108 e. The number of H-pyrrole nitrogens is 1. The summed E-state index contributed by atoms with van der Waals surface area (Å²) in [6, 6.07) is 7.01. The van der Waals surface area contributed by atoms with Gasteiger partial charge in [-0.1, -0.05) is 25.5 Å². The van der Waals surface area contributed by atoms with E-state index in [0.717, 1.165) is 30.7 Å². The second-order valence-corrected chi connectivity index (χ2v) is 5.20. The van der Waals surface area contributed by atoms with Crippen LogP contribution in [0, 0.1) is 0 Å². The Hall–Kier alpha value is -1.35. The average molecular weight is 243 g/mol. The van der Waals surface area contributed by atoms with Crippen molar-refractivity contribution in [2.75, 3.05) is 6.54 Å². The van der Waals surface area contributed by atoms with E-state index >= 15 is 0 Å². The lowest BCUT2D eigenvalue weighted by Gasteiger charge is -2.22. The smallest absolute Gasteiger partial charge is 0.108 e. The van der Waals surface area contributed by atoms with Crippen LogP contribution in [0.4, 0.5) is 0 Å². The molecule has 1 aliphatic rings. The molecule has 1 saturated heterocycles. The number of aromatic nitrogens is 2. The van der Waals surface area contributed by atoms with Crippen LogP contribution < -0.4 is 5.32 Å². The highest BCUT2D eigenvalue weighted by molar-refractivity contribution is 5.78. The molecule has 2 aromatic rings. The molecule has 0 amide bonds. The van der Waals surface area contributed by atoms with Gasteiger partial charge in [-0.3, -0.25) is 0 Å².